The molecule has 0 amide bonds. The van der Waals surface area contributed by atoms with Gasteiger partial charge < -0.3 is 10.5 Å². The second-order valence-corrected chi connectivity index (χ2v) is 4.32. The number of halogens is 2. The Morgan fingerprint density at radius 2 is 2.00 bits per heavy atom. The zero-order valence-corrected chi connectivity index (χ0v) is 10.9. The van der Waals surface area contributed by atoms with Crippen molar-refractivity contribution in [3.63, 3.8) is 0 Å². The van der Waals surface area contributed by atoms with Crippen LogP contribution in [0.4, 0.5) is 14.5 Å². The third-order valence-corrected chi connectivity index (χ3v) is 2.92. The number of aryl methyl sites for hydroxylation is 2. The number of nitrogens with zero attached hydrogens (tertiary/aromatic N) is 2. The molecule has 1 heterocycles. The van der Waals surface area contributed by atoms with E-state index in [0.717, 1.165) is 5.69 Å². The molecule has 0 spiro atoms. The summed E-state index contributed by atoms with van der Waals surface area (Å²) >= 11 is 0. The van der Waals surface area contributed by atoms with Gasteiger partial charge in [-0.2, -0.15) is 5.10 Å². The number of benzene rings is 1. The van der Waals surface area contributed by atoms with Crippen LogP contribution in [0.25, 0.3) is 0 Å². The summed E-state index contributed by atoms with van der Waals surface area (Å²) in [5, 5.41) is 4.18. The number of hydrogen-bond donors (Lipinski definition) is 1. The summed E-state index contributed by atoms with van der Waals surface area (Å²) in [6.45, 7) is 3.58. The molecule has 1 aromatic carbocycles. The molecule has 0 saturated heterocycles. The van der Waals surface area contributed by atoms with Gasteiger partial charge in [0.25, 0.3) is 6.43 Å². The second kappa shape index (κ2) is 4.87. The topological polar surface area (TPSA) is 53.1 Å². The molecular weight excluding hydrogens is 252 g/mol. The van der Waals surface area contributed by atoms with E-state index < -0.39 is 6.43 Å². The summed E-state index contributed by atoms with van der Waals surface area (Å²) in [5.41, 5.74) is 7.00. The molecule has 0 radical (unpaired) electrons. The van der Waals surface area contributed by atoms with Crippen molar-refractivity contribution in [2.45, 2.75) is 20.3 Å². The van der Waals surface area contributed by atoms with Crippen molar-refractivity contribution in [1.29, 1.82) is 0 Å². The Balaban J connectivity index is 2.43. The van der Waals surface area contributed by atoms with Crippen LogP contribution in [0.1, 0.15) is 23.4 Å². The van der Waals surface area contributed by atoms with E-state index >= 15 is 0 Å². The Hall–Kier alpha value is -2.11. The molecule has 4 nitrogen and oxygen atoms in total. The maximum absolute atomic E-state index is 13.0. The Morgan fingerprint density at radius 3 is 2.53 bits per heavy atom. The van der Waals surface area contributed by atoms with Gasteiger partial charge in [-0.1, -0.05) is 0 Å². The maximum atomic E-state index is 13.0. The van der Waals surface area contributed by atoms with Crippen LogP contribution in [0.3, 0.4) is 0 Å². The summed E-state index contributed by atoms with van der Waals surface area (Å²) in [6.07, 6.45) is -2.64. The Kier molecular flexibility index (Phi) is 3.42. The van der Waals surface area contributed by atoms with Gasteiger partial charge in [0, 0.05) is 12.7 Å². The SMILES string of the molecule is Cc1nn(C)c(C)c1Oc1ccc(N)cc1C(F)F. The van der Waals surface area contributed by atoms with Crippen LogP contribution in [0, 0.1) is 13.8 Å². The third kappa shape index (κ3) is 2.52. The first-order valence-electron chi connectivity index (χ1n) is 5.75. The predicted molar refractivity (Wildman–Crippen MR) is 68.6 cm³/mol. The standard InChI is InChI=1S/C13H15F2N3O/c1-7-12(8(2)18(3)17-7)19-11-5-4-9(16)6-10(11)13(14)15/h4-6,13H,16H2,1-3H3. The first-order valence-corrected chi connectivity index (χ1v) is 5.75. The van der Waals surface area contributed by atoms with Crippen molar-refractivity contribution in [1.82, 2.24) is 9.78 Å². The molecule has 2 aromatic rings. The fraction of sp³-hybridized carbons (Fsp3) is 0.308. The molecule has 0 aliphatic rings. The lowest BCUT2D eigenvalue weighted by Crippen LogP contribution is -1.97. The van der Waals surface area contributed by atoms with Crippen molar-refractivity contribution in [3.8, 4) is 11.5 Å². The molecule has 1 aromatic heterocycles. The van der Waals surface area contributed by atoms with Crippen molar-refractivity contribution >= 4 is 5.69 Å². The molecule has 0 saturated carbocycles. The lowest BCUT2D eigenvalue weighted by molar-refractivity contribution is 0.148. The Bertz CT molecular complexity index is 608. The van der Waals surface area contributed by atoms with E-state index in [-0.39, 0.29) is 17.0 Å². The van der Waals surface area contributed by atoms with Crippen molar-refractivity contribution in [3.05, 3.63) is 35.2 Å². The molecule has 0 aliphatic heterocycles. The van der Waals surface area contributed by atoms with Crippen LogP contribution in [0.5, 0.6) is 11.5 Å². The number of nitrogen functional groups attached to an aromatic ring is 1. The quantitative estimate of drug-likeness (QED) is 0.868. The summed E-state index contributed by atoms with van der Waals surface area (Å²) < 4.78 is 33.2. The molecular formula is C13H15F2N3O. The smallest absolute Gasteiger partial charge is 0.267 e. The summed E-state index contributed by atoms with van der Waals surface area (Å²) in [5.74, 6) is 0.595. The molecule has 0 unspecified atom stereocenters. The van der Waals surface area contributed by atoms with E-state index in [0.29, 0.717) is 11.4 Å². The fourth-order valence-electron chi connectivity index (χ4n) is 1.84. The summed E-state index contributed by atoms with van der Waals surface area (Å²) in [7, 11) is 1.77. The van der Waals surface area contributed by atoms with E-state index in [2.05, 4.69) is 5.10 Å². The van der Waals surface area contributed by atoms with Crippen LogP contribution in [-0.2, 0) is 7.05 Å². The van der Waals surface area contributed by atoms with E-state index in [4.69, 9.17) is 10.5 Å². The van der Waals surface area contributed by atoms with Crippen LogP contribution < -0.4 is 10.5 Å². The van der Waals surface area contributed by atoms with Gasteiger partial charge in [-0.3, -0.25) is 4.68 Å². The third-order valence-electron chi connectivity index (χ3n) is 2.92. The number of ether oxygens (including phenoxy) is 1. The van der Waals surface area contributed by atoms with Crippen LogP contribution in [-0.4, -0.2) is 9.78 Å². The van der Waals surface area contributed by atoms with Gasteiger partial charge in [0.1, 0.15) is 11.4 Å². The number of aromatic nitrogens is 2. The van der Waals surface area contributed by atoms with Gasteiger partial charge in [-0.15, -0.1) is 0 Å². The van der Waals surface area contributed by atoms with Crippen LogP contribution in [0.2, 0.25) is 0 Å². The molecule has 0 atom stereocenters. The van der Waals surface area contributed by atoms with Crippen molar-refractivity contribution in [2.24, 2.45) is 7.05 Å². The molecule has 19 heavy (non-hydrogen) atoms. The van der Waals surface area contributed by atoms with Crippen molar-refractivity contribution < 1.29 is 13.5 Å². The lowest BCUT2D eigenvalue weighted by Gasteiger charge is -2.11. The maximum Gasteiger partial charge on any atom is 0.267 e. The average molecular weight is 267 g/mol. The molecule has 0 fully saturated rings. The average Bonchev–Trinajstić information content (AvgIpc) is 2.57. The summed E-state index contributed by atoms with van der Waals surface area (Å²) in [4.78, 5) is 0. The molecule has 2 rings (SSSR count). The number of rotatable bonds is 3. The highest BCUT2D eigenvalue weighted by Gasteiger charge is 2.18. The highest BCUT2D eigenvalue weighted by atomic mass is 19.3. The number of alkyl halides is 2. The monoisotopic (exact) mass is 267 g/mol. The minimum absolute atomic E-state index is 0.100. The number of hydrogen-bond acceptors (Lipinski definition) is 3. The normalized spacial score (nSPS) is 11.1. The van der Waals surface area contributed by atoms with Crippen molar-refractivity contribution in [2.75, 3.05) is 5.73 Å². The molecule has 6 heteroatoms. The first kappa shape index (κ1) is 13.3. The van der Waals surface area contributed by atoms with E-state index in [1.54, 1.807) is 18.7 Å². The van der Waals surface area contributed by atoms with Gasteiger partial charge >= 0.3 is 0 Å². The molecule has 0 aliphatic carbocycles. The van der Waals surface area contributed by atoms with Gasteiger partial charge in [0.05, 0.1) is 11.3 Å². The zero-order chi connectivity index (χ0) is 14.2. The first-order chi connectivity index (χ1) is 8.90. The minimum atomic E-state index is -2.64. The Morgan fingerprint density at radius 1 is 1.32 bits per heavy atom. The zero-order valence-electron chi connectivity index (χ0n) is 10.9. The Labute approximate surface area is 109 Å². The predicted octanol–water partition coefficient (Wildman–Crippen LogP) is 3.35. The molecule has 102 valence electrons. The van der Waals surface area contributed by atoms with Gasteiger partial charge in [-0.25, -0.2) is 8.78 Å². The van der Waals surface area contributed by atoms with Crippen LogP contribution in [0.15, 0.2) is 18.2 Å². The minimum Gasteiger partial charge on any atom is -0.453 e. The molecule has 0 bridgehead atoms. The number of nitrogens with two attached hydrogens (primary N) is 1. The largest absolute Gasteiger partial charge is 0.453 e. The van der Waals surface area contributed by atoms with Crippen LogP contribution >= 0.6 is 0 Å². The van der Waals surface area contributed by atoms with E-state index in [9.17, 15) is 8.78 Å². The van der Waals surface area contributed by atoms with Gasteiger partial charge in [0.15, 0.2) is 5.75 Å². The lowest BCUT2D eigenvalue weighted by atomic mass is 10.2. The van der Waals surface area contributed by atoms with E-state index in [1.807, 2.05) is 6.92 Å². The van der Waals surface area contributed by atoms with Gasteiger partial charge in [-0.05, 0) is 32.0 Å². The summed E-state index contributed by atoms with van der Waals surface area (Å²) in [6, 6.07) is 4.20. The number of anilines is 1. The highest BCUT2D eigenvalue weighted by Crippen LogP contribution is 2.35. The second-order valence-electron chi connectivity index (χ2n) is 4.32. The highest BCUT2D eigenvalue weighted by molar-refractivity contribution is 5.50. The molecule has 2 N–H and O–H groups in total. The van der Waals surface area contributed by atoms with Gasteiger partial charge in [0.2, 0.25) is 0 Å². The van der Waals surface area contributed by atoms with E-state index in [1.165, 1.54) is 18.2 Å². The fourth-order valence-corrected chi connectivity index (χ4v) is 1.84.